The number of ether oxygens (including phenoxy) is 4. The van der Waals surface area contributed by atoms with Crippen LogP contribution in [0.3, 0.4) is 0 Å². The minimum absolute atomic E-state index is 0.0162. The molecule has 0 aromatic heterocycles. The van der Waals surface area contributed by atoms with Gasteiger partial charge in [-0.15, -0.1) is 0 Å². The van der Waals surface area contributed by atoms with Gasteiger partial charge in [0.2, 0.25) is 5.91 Å². The second-order valence-corrected chi connectivity index (χ2v) is 17.3. The van der Waals surface area contributed by atoms with Crippen LogP contribution in [-0.2, 0) is 28.5 Å². The Morgan fingerprint density at radius 3 is 2.50 bits per heavy atom. The number of nitrogens with zero attached hydrogens (tertiary/aromatic N) is 1. The van der Waals surface area contributed by atoms with E-state index in [0.29, 0.717) is 55.2 Å². The quantitative estimate of drug-likeness (QED) is 0.306. The molecule has 5 aliphatic rings. The molecule has 3 saturated carbocycles. The lowest BCUT2D eigenvalue weighted by Crippen LogP contribution is -2.54. The molecule has 3 aliphatic carbocycles. The summed E-state index contributed by atoms with van der Waals surface area (Å²) in [6.07, 6.45) is 9.25. The van der Waals surface area contributed by atoms with Gasteiger partial charge < -0.3 is 29.8 Å². The lowest BCUT2D eigenvalue weighted by molar-refractivity contribution is -0.236. The Labute approximate surface area is 278 Å². The van der Waals surface area contributed by atoms with Crippen LogP contribution in [0.15, 0.2) is 0 Å². The van der Waals surface area contributed by atoms with E-state index in [0.717, 1.165) is 25.7 Å². The van der Waals surface area contributed by atoms with Crippen molar-refractivity contribution in [2.24, 2.45) is 52.1 Å². The first-order chi connectivity index (χ1) is 21.5. The molecule has 0 spiro atoms. The predicted octanol–water partition coefficient (Wildman–Crippen LogP) is 5.31. The number of fused-ring (bicyclic) bond motifs is 3. The van der Waals surface area contributed by atoms with E-state index < -0.39 is 11.7 Å². The maximum atomic E-state index is 12.0. The van der Waals surface area contributed by atoms with Gasteiger partial charge in [-0.05, 0) is 105 Å². The van der Waals surface area contributed by atoms with Crippen molar-refractivity contribution in [3.8, 4) is 0 Å². The Morgan fingerprint density at radius 1 is 1.09 bits per heavy atom. The summed E-state index contributed by atoms with van der Waals surface area (Å²) in [5, 5.41) is 10.9. The van der Waals surface area contributed by atoms with E-state index in [1.807, 2.05) is 4.90 Å². The molecule has 2 saturated heterocycles. The standard InChI is InChI=1S/C37H64N2O7/c1-22-11-14-30(46-32-21-39(16-17-43-32)20-31(38)41)35(4,5)26(22)13-12-25-10-9-15-37(8)27(25)19-28-33(37)23(2)18-29(45-28)34(36(6,7)42)44-24(3)40/h22-23,25-30,32-34,42H,9-21H2,1-8H3,(H2,38,41)/t22?,23-,25+,26?,27?,28?,29-,30+,32?,33?,34+,37+/m1/s1. The summed E-state index contributed by atoms with van der Waals surface area (Å²) in [6, 6.07) is 0. The second kappa shape index (κ2) is 13.9. The molecule has 0 aromatic rings. The van der Waals surface area contributed by atoms with Crippen LogP contribution >= 0.6 is 0 Å². The van der Waals surface area contributed by atoms with Crippen LogP contribution in [0, 0.1) is 46.3 Å². The largest absolute Gasteiger partial charge is 0.457 e. The summed E-state index contributed by atoms with van der Waals surface area (Å²) >= 11 is 0. The zero-order valence-electron chi connectivity index (χ0n) is 30.0. The maximum Gasteiger partial charge on any atom is 0.303 e. The van der Waals surface area contributed by atoms with Gasteiger partial charge in [-0.1, -0.05) is 47.5 Å². The smallest absolute Gasteiger partial charge is 0.303 e. The summed E-state index contributed by atoms with van der Waals surface area (Å²) in [6.45, 7) is 19.1. The highest BCUT2D eigenvalue weighted by Crippen LogP contribution is 2.63. The van der Waals surface area contributed by atoms with Crippen LogP contribution in [0.25, 0.3) is 0 Å². The highest BCUT2D eigenvalue weighted by atomic mass is 16.7. The Kier molecular flexibility index (Phi) is 10.9. The molecule has 12 atom stereocenters. The normalized spacial score (nSPS) is 42.1. The number of carbonyl (C=O) groups excluding carboxylic acids is 2. The van der Waals surface area contributed by atoms with Crippen molar-refractivity contribution in [2.75, 3.05) is 26.2 Å². The van der Waals surface area contributed by atoms with Gasteiger partial charge in [-0.3, -0.25) is 14.5 Å². The third kappa shape index (κ3) is 7.49. The molecular weight excluding hydrogens is 584 g/mol. The van der Waals surface area contributed by atoms with Crippen molar-refractivity contribution in [3.05, 3.63) is 0 Å². The van der Waals surface area contributed by atoms with Crippen LogP contribution in [0.1, 0.15) is 113 Å². The predicted molar refractivity (Wildman–Crippen MR) is 176 cm³/mol. The van der Waals surface area contributed by atoms with Gasteiger partial charge in [0, 0.05) is 13.5 Å². The fraction of sp³-hybridized carbons (Fsp3) is 0.946. The average molecular weight is 649 g/mol. The molecule has 1 amide bonds. The third-order valence-electron chi connectivity index (χ3n) is 13.3. The Hall–Kier alpha value is -1.26. The van der Waals surface area contributed by atoms with Gasteiger partial charge in [-0.2, -0.15) is 0 Å². The molecule has 5 rings (SSSR count). The van der Waals surface area contributed by atoms with Gasteiger partial charge in [0.25, 0.3) is 0 Å². The highest BCUT2D eigenvalue weighted by molar-refractivity contribution is 5.75. The fourth-order valence-corrected chi connectivity index (χ4v) is 11.3. The first-order valence-corrected chi connectivity index (χ1v) is 18.3. The number of primary amides is 1. The van der Waals surface area contributed by atoms with Crippen LogP contribution < -0.4 is 5.73 Å². The average Bonchev–Trinajstić information content (AvgIpc) is 3.25. The van der Waals surface area contributed by atoms with Crippen LogP contribution in [-0.4, -0.2) is 84.4 Å². The van der Waals surface area contributed by atoms with E-state index in [4.69, 9.17) is 24.7 Å². The van der Waals surface area contributed by atoms with E-state index >= 15 is 0 Å². The molecule has 264 valence electrons. The number of amides is 1. The summed E-state index contributed by atoms with van der Waals surface area (Å²) in [5.74, 6) is 2.73. The van der Waals surface area contributed by atoms with E-state index in [-0.39, 0.29) is 53.9 Å². The number of nitrogens with two attached hydrogens (primary N) is 1. The van der Waals surface area contributed by atoms with E-state index in [1.165, 1.54) is 39.0 Å². The van der Waals surface area contributed by atoms with Crippen LogP contribution in [0.5, 0.6) is 0 Å². The van der Waals surface area contributed by atoms with Gasteiger partial charge in [-0.25, -0.2) is 0 Å². The maximum absolute atomic E-state index is 12.0. The van der Waals surface area contributed by atoms with Crippen molar-refractivity contribution in [3.63, 3.8) is 0 Å². The minimum atomic E-state index is -1.17. The SMILES string of the molecule is CC(=O)O[C@@H]([C@H]1C[C@@H](C)C2C(CC3[C@H](CCC4C(C)CC[C@H](OC5CN(CC(N)=O)CCO5)C4(C)C)CCC[C@@]32C)O1)C(C)(C)O. The number of hydrogen-bond acceptors (Lipinski definition) is 8. The molecule has 2 aliphatic heterocycles. The van der Waals surface area contributed by atoms with E-state index in [1.54, 1.807) is 13.8 Å². The Bertz CT molecular complexity index is 1080. The number of aliphatic hydroxyl groups is 1. The molecular formula is C37H64N2O7. The zero-order valence-corrected chi connectivity index (χ0v) is 30.0. The molecule has 46 heavy (non-hydrogen) atoms. The number of rotatable bonds is 10. The fourth-order valence-electron chi connectivity index (χ4n) is 11.3. The lowest BCUT2D eigenvalue weighted by atomic mass is 9.56. The van der Waals surface area contributed by atoms with Crippen LogP contribution in [0.4, 0.5) is 0 Å². The van der Waals surface area contributed by atoms with Gasteiger partial charge >= 0.3 is 5.97 Å². The molecule has 9 nitrogen and oxygen atoms in total. The molecule has 3 N–H and O–H groups in total. The number of esters is 1. The second-order valence-electron chi connectivity index (χ2n) is 17.3. The van der Waals surface area contributed by atoms with Crippen molar-refractivity contribution in [1.29, 1.82) is 0 Å². The lowest BCUT2D eigenvalue weighted by Gasteiger charge is -2.51. The number of morpholine rings is 1. The van der Waals surface area contributed by atoms with Gasteiger partial charge in [0.15, 0.2) is 12.4 Å². The van der Waals surface area contributed by atoms with Crippen molar-refractivity contribution in [1.82, 2.24) is 4.90 Å². The molecule has 0 radical (unpaired) electrons. The monoisotopic (exact) mass is 648 g/mol. The van der Waals surface area contributed by atoms with Crippen molar-refractivity contribution < 1.29 is 33.6 Å². The van der Waals surface area contributed by atoms with Crippen molar-refractivity contribution >= 4 is 11.9 Å². The summed E-state index contributed by atoms with van der Waals surface area (Å²) in [7, 11) is 0. The van der Waals surface area contributed by atoms with Gasteiger partial charge in [0.1, 0.15) is 0 Å². The van der Waals surface area contributed by atoms with Crippen LogP contribution in [0.2, 0.25) is 0 Å². The highest BCUT2D eigenvalue weighted by Gasteiger charge is 2.60. The summed E-state index contributed by atoms with van der Waals surface area (Å²) in [5.41, 5.74) is 4.56. The molecule has 6 unspecified atom stereocenters. The van der Waals surface area contributed by atoms with E-state index in [2.05, 4.69) is 34.6 Å². The summed E-state index contributed by atoms with van der Waals surface area (Å²) < 4.78 is 25.2. The number of carbonyl (C=O) groups is 2. The Balaban J connectivity index is 1.24. The van der Waals surface area contributed by atoms with E-state index in [9.17, 15) is 14.7 Å². The molecule has 9 heteroatoms. The first-order valence-electron chi connectivity index (χ1n) is 18.3. The molecule has 0 aromatic carbocycles. The molecule has 0 bridgehead atoms. The summed E-state index contributed by atoms with van der Waals surface area (Å²) in [4.78, 5) is 25.5. The minimum Gasteiger partial charge on any atom is -0.457 e. The topological polar surface area (TPSA) is 121 Å². The third-order valence-corrected chi connectivity index (χ3v) is 13.3. The first kappa shape index (κ1) is 36.0. The molecule has 2 heterocycles. The van der Waals surface area contributed by atoms with Crippen molar-refractivity contribution in [2.45, 2.75) is 149 Å². The van der Waals surface area contributed by atoms with Gasteiger partial charge in [0.05, 0.1) is 43.6 Å². The zero-order chi connectivity index (χ0) is 33.6. The number of hydrogen-bond donors (Lipinski definition) is 2. The Morgan fingerprint density at radius 2 is 1.83 bits per heavy atom. The molecule has 5 fully saturated rings.